The van der Waals surface area contributed by atoms with E-state index in [1.165, 1.54) is 6.07 Å². The van der Waals surface area contributed by atoms with Crippen LogP contribution in [0.15, 0.2) is 54.6 Å². The number of nitrogens with zero attached hydrogens (tertiary/aromatic N) is 1. The van der Waals surface area contributed by atoms with Gasteiger partial charge in [0.15, 0.2) is 0 Å². The standard InChI is InChI=1S/C18H19F3N2O3S/c1-13(14-7-4-3-5-8-14)22-17(24)12-23(27(2,25)26)16-10-6-9-15(11-16)18(19,20)21/h3-11,13H,12H2,1-2H3,(H,22,24)/t13-/m0/s1. The number of sulfonamides is 1. The highest BCUT2D eigenvalue weighted by atomic mass is 32.2. The van der Waals surface area contributed by atoms with Crippen LogP contribution in [0, 0.1) is 0 Å². The van der Waals surface area contributed by atoms with Gasteiger partial charge in [-0.2, -0.15) is 13.2 Å². The number of alkyl halides is 3. The Balaban J connectivity index is 2.22. The van der Waals surface area contributed by atoms with Crippen molar-refractivity contribution < 1.29 is 26.4 Å². The second kappa shape index (κ2) is 7.99. The first-order chi connectivity index (χ1) is 12.5. The van der Waals surface area contributed by atoms with Crippen LogP contribution in [0.25, 0.3) is 0 Å². The summed E-state index contributed by atoms with van der Waals surface area (Å²) in [4.78, 5) is 12.3. The van der Waals surface area contributed by atoms with Gasteiger partial charge in [0.1, 0.15) is 6.54 Å². The molecule has 0 aromatic heterocycles. The van der Waals surface area contributed by atoms with E-state index in [-0.39, 0.29) is 11.7 Å². The SMILES string of the molecule is C[C@H](NC(=O)CN(c1cccc(C(F)(F)F)c1)S(C)(=O)=O)c1ccccc1. The summed E-state index contributed by atoms with van der Waals surface area (Å²) in [5, 5.41) is 2.65. The molecule has 0 heterocycles. The van der Waals surface area contributed by atoms with Crippen LogP contribution >= 0.6 is 0 Å². The molecule has 146 valence electrons. The van der Waals surface area contributed by atoms with Crippen molar-refractivity contribution in [2.75, 3.05) is 17.1 Å². The minimum atomic E-state index is -4.62. The molecule has 5 nitrogen and oxygen atoms in total. The molecule has 0 spiro atoms. The van der Waals surface area contributed by atoms with E-state index in [9.17, 15) is 26.4 Å². The van der Waals surface area contributed by atoms with Gasteiger partial charge in [-0.3, -0.25) is 9.10 Å². The van der Waals surface area contributed by atoms with E-state index in [0.717, 1.165) is 24.0 Å². The van der Waals surface area contributed by atoms with Crippen LogP contribution in [0.4, 0.5) is 18.9 Å². The molecular formula is C18H19F3N2O3S. The third kappa shape index (κ3) is 5.72. The number of carbonyl (C=O) groups is 1. The summed E-state index contributed by atoms with van der Waals surface area (Å²) in [6, 6.07) is 12.5. The Labute approximate surface area is 155 Å². The van der Waals surface area contributed by atoms with Crippen LogP contribution in [-0.2, 0) is 21.0 Å². The van der Waals surface area contributed by atoms with Crippen molar-refractivity contribution in [2.45, 2.75) is 19.1 Å². The normalized spacial score (nSPS) is 13.1. The predicted molar refractivity (Wildman–Crippen MR) is 96.6 cm³/mol. The quantitative estimate of drug-likeness (QED) is 0.809. The number of halogens is 3. The van der Waals surface area contributed by atoms with Gasteiger partial charge >= 0.3 is 6.18 Å². The first-order valence-corrected chi connectivity index (χ1v) is 9.82. The second-order valence-corrected chi connectivity index (χ2v) is 7.92. The largest absolute Gasteiger partial charge is 0.416 e. The van der Waals surface area contributed by atoms with Gasteiger partial charge in [0.05, 0.1) is 23.5 Å². The van der Waals surface area contributed by atoms with Gasteiger partial charge in [-0.25, -0.2) is 8.42 Å². The van der Waals surface area contributed by atoms with E-state index in [4.69, 9.17) is 0 Å². The van der Waals surface area contributed by atoms with Crippen molar-refractivity contribution in [3.63, 3.8) is 0 Å². The fourth-order valence-corrected chi connectivity index (χ4v) is 3.33. The Morgan fingerprint density at radius 3 is 2.30 bits per heavy atom. The monoisotopic (exact) mass is 400 g/mol. The molecule has 1 amide bonds. The maximum absolute atomic E-state index is 12.9. The fourth-order valence-electron chi connectivity index (χ4n) is 2.48. The number of carbonyl (C=O) groups excluding carboxylic acids is 1. The van der Waals surface area contributed by atoms with Gasteiger partial charge < -0.3 is 5.32 Å². The molecule has 0 aliphatic rings. The summed E-state index contributed by atoms with van der Waals surface area (Å²) in [6.45, 7) is 1.10. The highest BCUT2D eigenvalue weighted by Crippen LogP contribution is 2.32. The van der Waals surface area contributed by atoms with E-state index in [1.807, 2.05) is 6.07 Å². The lowest BCUT2D eigenvalue weighted by Gasteiger charge is -2.24. The van der Waals surface area contributed by atoms with E-state index in [1.54, 1.807) is 31.2 Å². The van der Waals surface area contributed by atoms with Gasteiger partial charge in [0.25, 0.3) is 0 Å². The number of hydrogen-bond acceptors (Lipinski definition) is 3. The average molecular weight is 400 g/mol. The molecule has 2 aromatic carbocycles. The Hall–Kier alpha value is -2.55. The molecule has 0 fully saturated rings. The van der Waals surface area contributed by atoms with Gasteiger partial charge in [0, 0.05) is 0 Å². The molecule has 0 unspecified atom stereocenters. The summed E-state index contributed by atoms with van der Waals surface area (Å²) >= 11 is 0. The Morgan fingerprint density at radius 2 is 1.74 bits per heavy atom. The van der Waals surface area contributed by atoms with Crippen LogP contribution in [-0.4, -0.2) is 27.1 Å². The van der Waals surface area contributed by atoms with Gasteiger partial charge in [-0.1, -0.05) is 36.4 Å². The van der Waals surface area contributed by atoms with Crippen LogP contribution in [0.3, 0.4) is 0 Å². The maximum Gasteiger partial charge on any atom is 0.416 e. The van der Waals surface area contributed by atoms with Crippen LogP contribution in [0.1, 0.15) is 24.1 Å². The van der Waals surface area contributed by atoms with Crippen molar-refractivity contribution in [1.82, 2.24) is 5.32 Å². The second-order valence-electron chi connectivity index (χ2n) is 6.02. The van der Waals surface area contributed by atoms with Crippen LogP contribution in [0.2, 0.25) is 0 Å². The lowest BCUT2D eigenvalue weighted by Crippen LogP contribution is -2.41. The number of amides is 1. The lowest BCUT2D eigenvalue weighted by molar-refractivity contribution is -0.137. The lowest BCUT2D eigenvalue weighted by atomic mass is 10.1. The smallest absolute Gasteiger partial charge is 0.348 e. The van der Waals surface area contributed by atoms with E-state index < -0.39 is 34.2 Å². The Morgan fingerprint density at radius 1 is 1.11 bits per heavy atom. The van der Waals surface area contributed by atoms with Gasteiger partial charge in [0.2, 0.25) is 15.9 Å². The number of anilines is 1. The summed E-state index contributed by atoms with van der Waals surface area (Å²) in [6.07, 6.45) is -3.79. The molecule has 0 bridgehead atoms. The zero-order valence-electron chi connectivity index (χ0n) is 14.7. The third-order valence-electron chi connectivity index (χ3n) is 3.83. The molecular weight excluding hydrogens is 381 g/mol. The predicted octanol–water partition coefficient (Wildman–Crippen LogP) is 3.35. The van der Waals surface area contributed by atoms with Crippen molar-refractivity contribution in [2.24, 2.45) is 0 Å². The maximum atomic E-state index is 12.9. The molecule has 9 heteroatoms. The van der Waals surface area contributed by atoms with Crippen molar-refractivity contribution >= 4 is 21.6 Å². The summed E-state index contributed by atoms with van der Waals surface area (Å²) < 4.78 is 63.5. The number of hydrogen-bond donors (Lipinski definition) is 1. The van der Waals surface area contributed by atoms with E-state index in [2.05, 4.69) is 5.32 Å². The number of rotatable bonds is 6. The molecule has 2 rings (SSSR count). The fraction of sp³-hybridized carbons (Fsp3) is 0.278. The average Bonchev–Trinajstić information content (AvgIpc) is 2.59. The van der Waals surface area contributed by atoms with Gasteiger partial charge in [-0.05, 0) is 30.7 Å². The number of benzene rings is 2. The minimum Gasteiger partial charge on any atom is -0.348 e. The molecule has 27 heavy (non-hydrogen) atoms. The first-order valence-electron chi connectivity index (χ1n) is 7.98. The van der Waals surface area contributed by atoms with Crippen molar-refractivity contribution in [3.05, 3.63) is 65.7 Å². The zero-order valence-corrected chi connectivity index (χ0v) is 15.5. The molecule has 0 saturated carbocycles. The van der Waals surface area contributed by atoms with Crippen LogP contribution < -0.4 is 9.62 Å². The molecule has 2 aromatic rings. The Kier molecular flexibility index (Phi) is 6.15. The zero-order chi connectivity index (χ0) is 20.2. The highest BCUT2D eigenvalue weighted by Gasteiger charge is 2.32. The molecule has 0 aliphatic carbocycles. The summed E-state index contributed by atoms with van der Waals surface area (Å²) in [5.74, 6) is -0.630. The minimum absolute atomic E-state index is 0.227. The number of nitrogens with one attached hydrogen (secondary N) is 1. The molecule has 0 aliphatic heterocycles. The first kappa shape index (κ1) is 20.8. The van der Waals surface area contributed by atoms with E-state index >= 15 is 0 Å². The molecule has 1 atom stereocenters. The summed E-state index contributed by atoms with van der Waals surface area (Å²) in [5.41, 5.74) is -0.405. The summed E-state index contributed by atoms with van der Waals surface area (Å²) in [7, 11) is -3.97. The van der Waals surface area contributed by atoms with Crippen LogP contribution in [0.5, 0.6) is 0 Å². The highest BCUT2D eigenvalue weighted by molar-refractivity contribution is 7.92. The topological polar surface area (TPSA) is 66.5 Å². The van der Waals surface area contributed by atoms with E-state index in [0.29, 0.717) is 10.4 Å². The molecule has 0 saturated heterocycles. The van der Waals surface area contributed by atoms with Crippen molar-refractivity contribution in [3.8, 4) is 0 Å². The van der Waals surface area contributed by atoms with Crippen molar-refractivity contribution in [1.29, 1.82) is 0 Å². The van der Waals surface area contributed by atoms with Gasteiger partial charge in [-0.15, -0.1) is 0 Å². The molecule has 1 N–H and O–H groups in total. The third-order valence-corrected chi connectivity index (χ3v) is 4.97. The Bertz CT molecular complexity index is 900. The molecule has 0 radical (unpaired) electrons.